The van der Waals surface area contributed by atoms with Gasteiger partial charge >= 0.3 is 0 Å². The summed E-state index contributed by atoms with van der Waals surface area (Å²) in [6, 6.07) is -2.40. The Morgan fingerprint density at radius 2 is 1.70 bits per heavy atom. The van der Waals surface area contributed by atoms with E-state index < -0.39 is 42.2 Å². The van der Waals surface area contributed by atoms with Crippen LogP contribution in [0.5, 0.6) is 0 Å². The predicted molar refractivity (Wildman–Crippen MR) is 69.6 cm³/mol. The molecular weight excluding hydrogens is 268 g/mol. The second-order valence-electron chi connectivity index (χ2n) is 4.74. The number of aldehydes is 1. The second kappa shape index (κ2) is 8.62. The fraction of sp³-hybridized carbons (Fsp3) is 0.750. The Kier molecular flexibility index (Phi) is 7.97. The van der Waals surface area contributed by atoms with Gasteiger partial charge in [0.05, 0.1) is 24.7 Å². The summed E-state index contributed by atoms with van der Waals surface area (Å²) in [5.41, 5.74) is 0. The number of hydrogen-bond donors (Lipinski definition) is 5. The van der Waals surface area contributed by atoms with Crippen molar-refractivity contribution in [1.29, 1.82) is 0 Å². The highest BCUT2D eigenvalue weighted by atomic mass is 16.3. The third-order valence-electron chi connectivity index (χ3n) is 2.58. The van der Waals surface area contributed by atoms with E-state index in [-0.39, 0.29) is 6.42 Å². The van der Waals surface area contributed by atoms with E-state index in [1.165, 1.54) is 20.8 Å². The molecule has 116 valence electrons. The third-order valence-corrected chi connectivity index (χ3v) is 2.58. The molecule has 0 rings (SSSR count). The van der Waals surface area contributed by atoms with Gasteiger partial charge in [0.2, 0.25) is 11.8 Å². The Labute approximate surface area is 117 Å². The normalized spacial score (nSPS) is 18.3. The van der Waals surface area contributed by atoms with Crippen LogP contribution in [0.4, 0.5) is 0 Å². The van der Waals surface area contributed by atoms with Gasteiger partial charge in [-0.05, 0) is 13.8 Å². The molecule has 0 aliphatic rings. The first-order valence-electron chi connectivity index (χ1n) is 6.25. The molecule has 0 aromatic carbocycles. The maximum atomic E-state index is 11.5. The third kappa shape index (κ3) is 6.60. The van der Waals surface area contributed by atoms with Crippen molar-refractivity contribution in [2.75, 3.05) is 0 Å². The summed E-state index contributed by atoms with van der Waals surface area (Å²) < 4.78 is 0. The monoisotopic (exact) mass is 290 g/mol. The maximum absolute atomic E-state index is 11.5. The van der Waals surface area contributed by atoms with Crippen molar-refractivity contribution in [3.8, 4) is 0 Å². The van der Waals surface area contributed by atoms with Crippen LogP contribution < -0.4 is 10.6 Å². The van der Waals surface area contributed by atoms with Crippen LogP contribution in [0.1, 0.15) is 27.2 Å². The molecule has 0 aromatic heterocycles. The van der Waals surface area contributed by atoms with E-state index >= 15 is 0 Å². The molecule has 0 aliphatic carbocycles. The summed E-state index contributed by atoms with van der Waals surface area (Å²) >= 11 is 0. The van der Waals surface area contributed by atoms with Crippen LogP contribution in [0, 0.1) is 0 Å². The van der Waals surface area contributed by atoms with Crippen molar-refractivity contribution in [2.24, 2.45) is 0 Å². The van der Waals surface area contributed by atoms with Crippen molar-refractivity contribution in [1.82, 2.24) is 10.6 Å². The molecule has 8 heteroatoms. The number of carbonyl (C=O) groups is 3. The summed E-state index contributed by atoms with van der Waals surface area (Å²) in [4.78, 5) is 33.3. The molecular formula is C12H22N2O6. The number of amides is 2. The molecule has 5 N–H and O–H groups in total. The fourth-order valence-corrected chi connectivity index (χ4v) is 1.66. The lowest BCUT2D eigenvalue weighted by molar-refractivity contribution is -0.128. The van der Waals surface area contributed by atoms with Gasteiger partial charge in [0.15, 0.2) is 0 Å². The van der Waals surface area contributed by atoms with E-state index in [2.05, 4.69) is 10.6 Å². The van der Waals surface area contributed by atoms with Gasteiger partial charge in [0.1, 0.15) is 18.4 Å². The molecule has 0 bridgehead atoms. The van der Waals surface area contributed by atoms with E-state index in [0.717, 1.165) is 0 Å². The molecule has 0 saturated heterocycles. The van der Waals surface area contributed by atoms with Crippen LogP contribution in [-0.4, -0.2) is 63.8 Å². The fourth-order valence-electron chi connectivity index (χ4n) is 1.66. The Bertz CT molecular complexity index is 345. The number of aliphatic hydroxyl groups excluding tert-OH is 3. The zero-order valence-electron chi connectivity index (χ0n) is 11.7. The number of nitrogens with one attached hydrogen (secondary N) is 2. The quantitative estimate of drug-likeness (QED) is 0.319. The summed E-state index contributed by atoms with van der Waals surface area (Å²) in [5, 5.41) is 33.2. The van der Waals surface area contributed by atoms with Crippen molar-refractivity contribution >= 4 is 18.1 Å². The molecule has 0 aliphatic heterocycles. The van der Waals surface area contributed by atoms with E-state index in [1.807, 2.05) is 0 Å². The minimum Gasteiger partial charge on any atom is -0.393 e. The van der Waals surface area contributed by atoms with Crippen LogP contribution in [0.3, 0.4) is 0 Å². The Balaban J connectivity index is 4.83. The zero-order valence-corrected chi connectivity index (χ0v) is 11.7. The van der Waals surface area contributed by atoms with Gasteiger partial charge in [-0.3, -0.25) is 9.59 Å². The van der Waals surface area contributed by atoms with Crippen molar-refractivity contribution < 1.29 is 29.7 Å². The highest BCUT2D eigenvalue weighted by Crippen LogP contribution is 2.05. The topological polar surface area (TPSA) is 136 Å². The minimum atomic E-state index is -1.49. The molecule has 0 unspecified atom stereocenters. The Morgan fingerprint density at radius 1 is 1.15 bits per heavy atom. The molecule has 2 amide bonds. The highest BCUT2D eigenvalue weighted by molar-refractivity contribution is 5.78. The van der Waals surface area contributed by atoms with Gasteiger partial charge in [0.25, 0.3) is 0 Å². The molecule has 0 radical (unpaired) electrons. The number of aliphatic hydroxyl groups is 3. The largest absolute Gasteiger partial charge is 0.393 e. The lowest BCUT2D eigenvalue weighted by atomic mass is 9.99. The zero-order chi connectivity index (χ0) is 15.9. The SMILES string of the molecule is CC(=O)N[C@@H](C=O)[C@@H](O)[C@H](NC(=O)C[C@H](C)O)[C@@H](C)O. The summed E-state index contributed by atoms with van der Waals surface area (Å²) in [7, 11) is 0. The Morgan fingerprint density at radius 3 is 2.05 bits per heavy atom. The van der Waals surface area contributed by atoms with E-state index in [4.69, 9.17) is 5.11 Å². The van der Waals surface area contributed by atoms with Crippen molar-refractivity contribution in [3.05, 3.63) is 0 Å². The molecule has 20 heavy (non-hydrogen) atoms. The van der Waals surface area contributed by atoms with Crippen molar-refractivity contribution in [3.63, 3.8) is 0 Å². The predicted octanol–water partition coefficient (Wildman–Crippen LogP) is -2.31. The first kappa shape index (κ1) is 18.5. The van der Waals surface area contributed by atoms with E-state index in [9.17, 15) is 24.6 Å². The molecule has 0 heterocycles. The van der Waals surface area contributed by atoms with Gasteiger partial charge in [-0.1, -0.05) is 0 Å². The van der Waals surface area contributed by atoms with E-state index in [0.29, 0.717) is 6.29 Å². The van der Waals surface area contributed by atoms with E-state index in [1.54, 1.807) is 0 Å². The van der Waals surface area contributed by atoms with Gasteiger partial charge < -0.3 is 30.7 Å². The summed E-state index contributed by atoms with van der Waals surface area (Å²) in [6.07, 6.45) is -3.41. The lowest BCUT2D eigenvalue weighted by Crippen LogP contribution is -2.58. The minimum absolute atomic E-state index is 0.207. The molecule has 5 atom stereocenters. The first-order chi connectivity index (χ1) is 9.18. The standard InChI is InChI=1S/C12H22N2O6/c1-6(16)4-10(19)14-11(7(2)17)12(20)9(5-15)13-8(3)18/h5-7,9,11-12,16-17,20H,4H2,1-3H3,(H,13,18)(H,14,19)/t6-,7+,9-,11+,12+/m0/s1. The van der Waals surface area contributed by atoms with Crippen LogP contribution >= 0.6 is 0 Å². The molecule has 0 saturated carbocycles. The maximum Gasteiger partial charge on any atom is 0.222 e. The molecule has 8 nitrogen and oxygen atoms in total. The van der Waals surface area contributed by atoms with Crippen LogP contribution in [0.2, 0.25) is 0 Å². The summed E-state index contributed by atoms with van der Waals surface area (Å²) in [5.74, 6) is -1.11. The van der Waals surface area contributed by atoms with Crippen molar-refractivity contribution in [2.45, 2.75) is 57.6 Å². The first-order valence-corrected chi connectivity index (χ1v) is 6.25. The smallest absolute Gasteiger partial charge is 0.222 e. The molecule has 0 spiro atoms. The van der Waals surface area contributed by atoms with Crippen LogP contribution in [0.25, 0.3) is 0 Å². The highest BCUT2D eigenvalue weighted by Gasteiger charge is 2.32. The summed E-state index contributed by atoms with van der Waals surface area (Å²) in [6.45, 7) is 3.91. The van der Waals surface area contributed by atoms with Gasteiger partial charge in [-0.25, -0.2) is 0 Å². The van der Waals surface area contributed by atoms with Crippen LogP contribution in [0.15, 0.2) is 0 Å². The average Bonchev–Trinajstić information content (AvgIpc) is 2.30. The second-order valence-corrected chi connectivity index (χ2v) is 4.74. The van der Waals surface area contributed by atoms with Crippen LogP contribution in [-0.2, 0) is 14.4 Å². The Hall–Kier alpha value is -1.51. The van der Waals surface area contributed by atoms with Gasteiger partial charge in [-0.15, -0.1) is 0 Å². The van der Waals surface area contributed by atoms with Gasteiger partial charge in [0, 0.05) is 6.92 Å². The lowest BCUT2D eigenvalue weighted by Gasteiger charge is -2.30. The number of rotatable bonds is 8. The average molecular weight is 290 g/mol. The molecule has 0 aromatic rings. The molecule has 0 fully saturated rings. The van der Waals surface area contributed by atoms with Gasteiger partial charge in [-0.2, -0.15) is 0 Å². The number of carbonyl (C=O) groups excluding carboxylic acids is 3. The number of hydrogen-bond acceptors (Lipinski definition) is 6.